The van der Waals surface area contributed by atoms with Crippen molar-refractivity contribution in [1.82, 2.24) is 14.9 Å². The summed E-state index contributed by atoms with van der Waals surface area (Å²) in [4.78, 5) is 25.0. The SMILES string of the molecule is COc1ccc(S(=O)(=O)N(CC(C)C)C[C@@H](O)[C@H](Cc2ccccc2)NC(=O)O[C@H]2C[C@H]3OC[C@@]4(CNC(=O)O4)[C@H]3C2)cc1. The minimum absolute atomic E-state index is 0.0256. The molecule has 1 spiro atoms. The minimum atomic E-state index is -3.97. The standard InChI is InChI=1S/C31H41N3O9S/c1-20(2)16-34(44(38,39)24-11-9-22(40-3)10-12-24)17-27(35)26(13-21-7-5-4-6-8-21)33-30(37)42-23-14-25-28(15-23)41-19-31(25)18-32-29(36)43-31/h4-12,20,23,25-28,35H,13-19H2,1-3H3,(H,32,36)(H,33,37)/t23-,25+,26+,27-,28-,31+/m1/s1. The van der Waals surface area contributed by atoms with Crippen LogP contribution in [0.25, 0.3) is 0 Å². The molecule has 3 fully saturated rings. The largest absolute Gasteiger partial charge is 0.497 e. The van der Waals surface area contributed by atoms with Crippen LogP contribution >= 0.6 is 0 Å². The van der Waals surface area contributed by atoms with Crippen molar-refractivity contribution in [3.8, 4) is 5.75 Å². The number of alkyl carbamates (subject to hydrolysis) is 2. The molecule has 5 rings (SSSR count). The third kappa shape index (κ3) is 7.12. The highest BCUT2D eigenvalue weighted by Gasteiger charge is 2.59. The Bertz CT molecular complexity index is 1410. The zero-order chi connectivity index (χ0) is 31.5. The number of nitrogens with one attached hydrogen (secondary N) is 2. The van der Waals surface area contributed by atoms with Gasteiger partial charge in [0.25, 0.3) is 0 Å². The fraction of sp³-hybridized carbons (Fsp3) is 0.548. The van der Waals surface area contributed by atoms with E-state index in [4.69, 9.17) is 18.9 Å². The Hall–Kier alpha value is -3.39. The number of aliphatic hydroxyl groups is 1. The van der Waals surface area contributed by atoms with Gasteiger partial charge in [0.15, 0.2) is 5.60 Å². The molecule has 240 valence electrons. The number of ether oxygens (including phenoxy) is 4. The van der Waals surface area contributed by atoms with Crippen molar-refractivity contribution in [2.75, 3.05) is 33.4 Å². The van der Waals surface area contributed by atoms with E-state index >= 15 is 0 Å². The monoisotopic (exact) mass is 631 g/mol. The van der Waals surface area contributed by atoms with Gasteiger partial charge in [-0.25, -0.2) is 18.0 Å². The molecule has 0 bridgehead atoms. The maximum atomic E-state index is 13.7. The average molecular weight is 632 g/mol. The lowest BCUT2D eigenvalue weighted by Gasteiger charge is -2.31. The molecule has 2 aliphatic heterocycles. The van der Waals surface area contributed by atoms with Crippen molar-refractivity contribution in [2.24, 2.45) is 11.8 Å². The minimum Gasteiger partial charge on any atom is -0.497 e. The number of hydrogen-bond donors (Lipinski definition) is 3. The quantitative estimate of drug-likeness (QED) is 0.321. The van der Waals surface area contributed by atoms with Crippen LogP contribution in [0.15, 0.2) is 59.5 Å². The van der Waals surface area contributed by atoms with E-state index in [0.29, 0.717) is 31.7 Å². The summed E-state index contributed by atoms with van der Waals surface area (Å²) in [6.07, 6.45) is -1.93. The number of carbonyl (C=O) groups excluding carboxylic acids is 2. The predicted molar refractivity (Wildman–Crippen MR) is 160 cm³/mol. The molecule has 2 aromatic rings. The lowest BCUT2D eigenvalue weighted by atomic mass is 9.88. The second-order valence-electron chi connectivity index (χ2n) is 12.2. The number of benzene rings is 2. The number of hydrogen-bond acceptors (Lipinski definition) is 9. The van der Waals surface area contributed by atoms with Gasteiger partial charge in [-0.15, -0.1) is 0 Å². The molecule has 3 aliphatic rings. The summed E-state index contributed by atoms with van der Waals surface area (Å²) in [7, 11) is -2.47. The molecule has 3 N–H and O–H groups in total. The molecule has 44 heavy (non-hydrogen) atoms. The Morgan fingerprint density at radius 3 is 2.50 bits per heavy atom. The van der Waals surface area contributed by atoms with Gasteiger partial charge >= 0.3 is 12.2 Å². The van der Waals surface area contributed by atoms with Gasteiger partial charge in [-0.05, 0) is 48.6 Å². The molecule has 2 aromatic carbocycles. The molecule has 0 unspecified atom stereocenters. The number of aliphatic hydroxyl groups excluding tert-OH is 1. The smallest absolute Gasteiger partial charge is 0.407 e. The van der Waals surface area contributed by atoms with E-state index in [2.05, 4.69) is 10.6 Å². The van der Waals surface area contributed by atoms with Gasteiger partial charge in [-0.2, -0.15) is 4.31 Å². The molecule has 13 heteroatoms. The van der Waals surface area contributed by atoms with Crippen LogP contribution in [0.5, 0.6) is 5.75 Å². The Balaban J connectivity index is 1.28. The van der Waals surface area contributed by atoms with Gasteiger partial charge in [0, 0.05) is 25.4 Å². The first kappa shape index (κ1) is 32.0. The lowest BCUT2D eigenvalue weighted by molar-refractivity contribution is 0.00257. The van der Waals surface area contributed by atoms with Crippen molar-refractivity contribution in [2.45, 2.75) is 68.0 Å². The van der Waals surface area contributed by atoms with E-state index in [1.807, 2.05) is 44.2 Å². The summed E-state index contributed by atoms with van der Waals surface area (Å²) in [6, 6.07) is 14.6. The summed E-state index contributed by atoms with van der Waals surface area (Å²) in [5, 5.41) is 17.0. The Morgan fingerprint density at radius 2 is 1.86 bits per heavy atom. The van der Waals surface area contributed by atoms with Crippen LogP contribution in [0.3, 0.4) is 0 Å². The summed E-state index contributed by atoms with van der Waals surface area (Å²) in [6.45, 7) is 4.37. The molecule has 2 amide bonds. The molecular weight excluding hydrogens is 590 g/mol. The van der Waals surface area contributed by atoms with Crippen LogP contribution in [0, 0.1) is 11.8 Å². The average Bonchev–Trinajstić information content (AvgIpc) is 3.68. The van der Waals surface area contributed by atoms with Crippen molar-refractivity contribution < 1.29 is 42.1 Å². The highest BCUT2D eigenvalue weighted by Crippen LogP contribution is 2.46. The maximum absolute atomic E-state index is 13.7. The van der Waals surface area contributed by atoms with Gasteiger partial charge < -0.3 is 34.7 Å². The van der Waals surface area contributed by atoms with Gasteiger partial charge in [-0.3, -0.25) is 0 Å². The highest BCUT2D eigenvalue weighted by atomic mass is 32.2. The number of sulfonamides is 1. The molecule has 6 atom stereocenters. The molecule has 0 radical (unpaired) electrons. The van der Waals surface area contributed by atoms with Crippen molar-refractivity contribution in [1.29, 1.82) is 0 Å². The number of rotatable bonds is 12. The summed E-state index contributed by atoms with van der Waals surface area (Å²) >= 11 is 0. The second kappa shape index (κ2) is 13.3. The normalized spacial score (nSPS) is 25.9. The van der Waals surface area contributed by atoms with Gasteiger partial charge in [0.05, 0.1) is 43.4 Å². The highest BCUT2D eigenvalue weighted by molar-refractivity contribution is 7.89. The number of methoxy groups -OCH3 is 1. The zero-order valence-corrected chi connectivity index (χ0v) is 26.0. The number of fused-ring (bicyclic) bond motifs is 2. The number of amides is 2. The summed E-state index contributed by atoms with van der Waals surface area (Å²) < 4.78 is 51.0. The van der Waals surface area contributed by atoms with Crippen LogP contribution in [-0.4, -0.2) is 93.3 Å². The summed E-state index contributed by atoms with van der Waals surface area (Å²) in [5.41, 5.74) is 0.101. The molecule has 2 heterocycles. The molecule has 0 aromatic heterocycles. The lowest BCUT2D eigenvalue weighted by Crippen LogP contribution is -2.51. The van der Waals surface area contributed by atoms with Crippen molar-refractivity contribution in [3.63, 3.8) is 0 Å². The maximum Gasteiger partial charge on any atom is 0.407 e. The van der Waals surface area contributed by atoms with E-state index in [1.165, 1.54) is 23.5 Å². The van der Waals surface area contributed by atoms with Crippen LogP contribution < -0.4 is 15.4 Å². The van der Waals surface area contributed by atoms with Gasteiger partial charge in [0.2, 0.25) is 10.0 Å². The zero-order valence-electron chi connectivity index (χ0n) is 25.2. The first-order valence-electron chi connectivity index (χ1n) is 14.9. The van der Waals surface area contributed by atoms with E-state index < -0.39 is 46.1 Å². The number of carbonyl (C=O) groups is 2. The molecule has 12 nitrogen and oxygen atoms in total. The second-order valence-corrected chi connectivity index (χ2v) is 14.1. The predicted octanol–water partition coefficient (Wildman–Crippen LogP) is 2.70. The fourth-order valence-electron chi connectivity index (χ4n) is 6.31. The first-order valence-corrected chi connectivity index (χ1v) is 16.3. The number of nitrogens with zero attached hydrogens (tertiary/aromatic N) is 1. The fourth-order valence-corrected chi connectivity index (χ4v) is 7.93. The molecule has 1 saturated carbocycles. The summed E-state index contributed by atoms with van der Waals surface area (Å²) in [5.74, 6) is 0.402. The van der Waals surface area contributed by atoms with Crippen molar-refractivity contribution >= 4 is 22.2 Å². The van der Waals surface area contributed by atoms with E-state index in [9.17, 15) is 23.1 Å². The van der Waals surface area contributed by atoms with Crippen molar-refractivity contribution in [3.05, 3.63) is 60.2 Å². The Kier molecular flexibility index (Phi) is 9.68. The van der Waals surface area contributed by atoms with Crippen LogP contribution in [0.4, 0.5) is 9.59 Å². The Labute approximate surface area is 258 Å². The first-order chi connectivity index (χ1) is 21.0. The van der Waals surface area contributed by atoms with E-state index in [0.717, 1.165) is 5.56 Å². The van der Waals surface area contributed by atoms with E-state index in [1.54, 1.807) is 12.1 Å². The molecular formula is C31H41N3O9S. The third-order valence-electron chi connectivity index (χ3n) is 8.50. The topological polar surface area (TPSA) is 153 Å². The Morgan fingerprint density at radius 1 is 1.14 bits per heavy atom. The van der Waals surface area contributed by atoms with Crippen LogP contribution in [0.2, 0.25) is 0 Å². The van der Waals surface area contributed by atoms with Gasteiger partial charge in [-0.1, -0.05) is 44.2 Å². The van der Waals surface area contributed by atoms with Crippen LogP contribution in [0.1, 0.15) is 32.3 Å². The third-order valence-corrected chi connectivity index (χ3v) is 10.3. The van der Waals surface area contributed by atoms with E-state index in [-0.39, 0.29) is 42.3 Å². The van der Waals surface area contributed by atoms with Gasteiger partial charge in [0.1, 0.15) is 11.9 Å². The molecule has 2 saturated heterocycles. The molecule has 1 aliphatic carbocycles. The van der Waals surface area contributed by atoms with Crippen LogP contribution in [-0.2, 0) is 30.7 Å².